The Morgan fingerprint density at radius 2 is 1.95 bits per heavy atom. The molecule has 0 heterocycles. The number of hydrogen-bond acceptors (Lipinski definition) is 4. The van der Waals surface area contributed by atoms with Crippen LogP contribution in [-0.2, 0) is 14.3 Å². The molecule has 0 unspecified atom stereocenters. The van der Waals surface area contributed by atoms with Crippen molar-refractivity contribution in [3.8, 4) is 0 Å². The summed E-state index contributed by atoms with van der Waals surface area (Å²) in [7, 11) is 0. The summed E-state index contributed by atoms with van der Waals surface area (Å²) in [4.78, 5) is 34.3. The van der Waals surface area contributed by atoms with E-state index in [9.17, 15) is 14.4 Å². The SMILES string of the molecule is O=C(COC(=O)[C@H]1CC=CCC1)NC(=O)NC1CC1. The van der Waals surface area contributed by atoms with E-state index in [1.807, 2.05) is 12.2 Å². The Balaban J connectivity index is 1.63. The van der Waals surface area contributed by atoms with Crippen LogP contribution in [0.3, 0.4) is 0 Å². The first kappa shape index (κ1) is 13.6. The molecular formula is C13H18N2O4. The molecule has 1 saturated carbocycles. The summed E-state index contributed by atoms with van der Waals surface area (Å²) in [5.41, 5.74) is 0. The maximum absolute atomic E-state index is 11.6. The first-order valence-corrected chi connectivity index (χ1v) is 6.57. The first-order valence-electron chi connectivity index (χ1n) is 6.57. The molecule has 0 saturated heterocycles. The molecule has 2 rings (SSSR count). The number of nitrogens with one attached hydrogen (secondary N) is 2. The Morgan fingerprint density at radius 1 is 1.16 bits per heavy atom. The lowest BCUT2D eigenvalue weighted by atomic mass is 9.95. The number of rotatable bonds is 4. The summed E-state index contributed by atoms with van der Waals surface area (Å²) in [6.07, 6.45) is 8.13. The lowest BCUT2D eigenvalue weighted by Gasteiger charge is -2.16. The van der Waals surface area contributed by atoms with Crippen LogP contribution in [0.2, 0.25) is 0 Å². The van der Waals surface area contributed by atoms with Crippen molar-refractivity contribution in [3.05, 3.63) is 12.2 Å². The molecule has 0 spiro atoms. The van der Waals surface area contributed by atoms with Gasteiger partial charge in [-0.1, -0.05) is 12.2 Å². The normalized spacial score (nSPS) is 21.6. The third-order valence-electron chi connectivity index (χ3n) is 3.11. The van der Waals surface area contributed by atoms with Gasteiger partial charge in [-0.3, -0.25) is 14.9 Å². The molecule has 0 bridgehead atoms. The van der Waals surface area contributed by atoms with Crippen LogP contribution < -0.4 is 10.6 Å². The number of ether oxygens (including phenoxy) is 1. The van der Waals surface area contributed by atoms with Crippen molar-refractivity contribution in [1.29, 1.82) is 0 Å². The number of allylic oxidation sites excluding steroid dienone is 2. The highest BCUT2D eigenvalue weighted by Gasteiger charge is 2.24. The van der Waals surface area contributed by atoms with Crippen molar-refractivity contribution in [2.45, 2.75) is 38.1 Å². The summed E-state index contributed by atoms with van der Waals surface area (Å²) in [5.74, 6) is -1.14. The van der Waals surface area contributed by atoms with Gasteiger partial charge in [0.15, 0.2) is 6.61 Å². The minimum atomic E-state index is -0.599. The molecule has 0 aliphatic heterocycles. The monoisotopic (exact) mass is 266 g/mol. The van der Waals surface area contributed by atoms with Gasteiger partial charge in [-0.2, -0.15) is 0 Å². The maximum Gasteiger partial charge on any atom is 0.321 e. The quantitative estimate of drug-likeness (QED) is 0.584. The summed E-state index contributed by atoms with van der Waals surface area (Å²) in [5, 5.41) is 4.74. The second kappa shape index (κ2) is 6.36. The third-order valence-corrected chi connectivity index (χ3v) is 3.11. The molecule has 2 aliphatic rings. The van der Waals surface area contributed by atoms with Crippen LogP contribution in [0.25, 0.3) is 0 Å². The summed E-state index contributed by atoms with van der Waals surface area (Å²) >= 11 is 0. The molecule has 6 nitrogen and oxygen atoms in total. The Morgan fingerprint density at radius 3 is 2.58 bits per heavy atom. The average molecular weight is 266 g/mol. The molecule has 0 aromatic carbocycles. The second-order valence-electron chi connectivity index (χ2n) is 4.89. The molecule has 1 fully saturated rings. The Kier molecular flexibility index (Phi) is 4.54. The molecule has 6 heteroatoms. The number of carbonyl (C=O) groups excluding carboxylic acids is 3. The van der Waals surface area contributed by atoms with Crippen LogP contribution >= 0.6 is 0 Å². The van der Waals surface area contributed by atoms with E-state index in [-0.39, 0.29) is 17.9 Å². The topological polar surface area (TPSA) is 84.5 Å². The number of carbonyl (C=O) groups is 3. The van der Waals surface area contributed by atoms with Crippen molar-refractivity contribution < 1.29 is 19.1 Å². The van der Waals surface area contributed by atoms with Crippen LogP contribution in [0.1, 0.15) is 32.1 Å². The summed E-state index contributed by atoms with van der Waals surface area (Å²) in [6, 6.07) is -0.339. The molecule has 2 N–H and O–H groups in total. The van der Waals surface area contributed by atoms with Crippen molar-refractivity contribution in [2.24, 2.45) is 5.92 Å². The Bertz CT molecular complexity index is 401. The maximum atomic E-state index is 11.6. The highest BCUT2D eigenvalue weighted by molar-refractivity contribution is 5.95. The van der Waals surface area contributed by atoms with Gasteiger partial charge in [0.1, 0.15) is 0 Å². The number of esters is 1. The van der Waals surface area contributed by atoms with Gasteiger partial charge in [0.05, 0.1) is 5.92 Å². The predicted octanol–water partition coefficient (Wildman–Crippen LogP) is 0.874. The molecule has 0 aromatic rings. The number of urea groups is 1. The largest absolute Gasteiger partial charge is 0.455 e. The Hall–Kier alpha value is -1.85. The smallest absolute Gasteiger partial charge is 0.321 e. The van der Waals surface area contributed by atoms with Gasteiger partial charge in [0.2, 0.25) is 0 Å². The van der Waals surface area contributed by atoms with E-state index < -0.39 is 18.5 Å². The van der Waals surface area contributed by atoms with Gasteiger partial charge >= 0.3 is 12.0 Å². The summed E-state index contributed by atoms with van der Waals surface area (Å²) in [6.45, 7) is -0.406. The molecule has 0 radical (unpaired) electrons. The van der Waals surface area contributed by atoms with Gasteiger partial charge in [-0.05, 0) is 32.1 Å². The zero-order chi connectivity index (χ0) is 13.7. The highest BCUT2D eigenvalue weighted by atomic mass is 16.5. The van der Waals surface area contributed by atoms with E-state index in [4.69, 9.17) is 4.74 Å². The van der Waals surface area contributed by atoms with Crippen LogP contribution in [0.4, 0.5) is 4.79 Å². The zero-order valence-electron chi connectivity index (χ0n) is 10.7. The second-order valence-corrected chi connectivity index (χ2v) is 4.89. The summed E-state index contributed by atoms with van der Waals surface area (Å²) < 4.78 is 4.90. The predicted molar refractivity (Wildman–Crippen MR) is 67.1 cm³/mol. The number of amides is 3. The highest BCUT2D eigenvalue weighted by Crippen LogP contribution is 2.19. The van der Waals surface area contributed by atoms with Gasteiger partial charge in [-0.15, -0.1) is 0 Å². The van der Waals surface area contributed by atoms with Crippen molar-refractivity contribution >= 4 is 17.9 Å². The molecule has 2 aliphatic carbocycles. The fourth-order valence-electron chi connectivity index (χ4n) is 1.87. The molecular weight excluding hydrogens is 248 g/mol. The minimum absolute atomic E-state index is 0.168. The zero-order valence-corrected chi connectivity index (χ0v) is 10.7. The van der Waals surface area contributed by atoms with Gasteiger partial charge in [-0.25, -0.2) is 4.79 Å². The Labute approximate surface area is 111 Å². The van der Waals surface area contributed by atoms with Crippen LogP contribution in [0.5, 0.6) is 0 Å². The van der Waals surface area contributed by atoms with Crippen LogP contribution in [0.15, 0.2) is 12.2 Å². The lowest BCUT2D eigenvalue weighted by molar-refractivity contribution is -0.152. The van der Waals surface area contributed by atoms with Gasteiger partial charge in [0.25, 0.3) is 5.91 Å². The van der Waals surface area contributed by atoms with Gasteiger partial charge in [0, 0.05) is 6.04 Å². The lowest BCUT2D eigenvalue weighted by Crippen LogP contribution is -2.42. The third kappa shape index (κ3) is 4.73. The molecule has 1 atom stereocenters. The fourth-order valence-corrected chi connectivity index (χ4v) is 1.87. The molecule has 104 valence electrons. The van der Waals surface area contributed by atoms with E-state index in [0.29, 0.717) is 6.42 Å². The van der Waals surface area contributed by atoms with Crippen molar-refractivity contribution in [2.75, 3.05) is 6.61 Å². The van der Waals surface area contributed by atoms with E-state index in [1.54, 1.807) is 0 Å². The minimum Gasteiger partial charge on any atom is -0.455 e. The fraction of sp³-hybridized carbons (Fsp3) is 0.615. The molecule has 19 heavy (non-hydrogen) atoms. The van der Waals surface area contributed by atoms with E-state index >= 15 is 0 Å². The van der Waals surface area contributed by atoms with Crippen LogP contribution in [0, 0.1) is 5.92 Å². The van der Waals surface area contributed by atoms with Crippen LogP contribution in [-0.4, -0.2) is 30.6 Å². The number of imide groups is 1. The first-order chi connectivity index (χ1) is 9.15. The van der Waals surface area contributed by atoms with E-state index in [2.05, 4.69) is 10.6 Å². The van der Waals surface area contributed by atoms with Crippen molar-refractivity contribution in [1.82, 2.24) is 10.6 Å². The molecule has 0 aromatic heterocycles. The standard InChI is InChI=1S/C13H18N2O4/c16-11(15-13(18)14-10-6-7-10)8-19-12(17)9-4-2-1-3-5-9/h1-2,9-10H,3-8H2,(H2,14,15,16,18)/t9-/m0/s1. The average Bonchev–Trinajstić information content (AvgIpc) is 3.20. The van der Waals surface area contributed by atoms with Gasteiger partial charge < -0.3 is 10.1 Å². The number of hydrogen-bond donors (Lipinski definition) is 2. The van der Waals surface area contributed by atoms with E-state index in [1.165, 1.54) is 0 Å². The van der Waals surface area contributed by atoms with E-state index in [0.717, 1.165) is 25.7 Å². The molecule has 3 amide bonds. The van der Waals surface area contributed by atoms with Crippen molar-refractivity contribution in [3.63, 3.8) is 0 Å².